The normalized spacial score (nSPS) is 14.9. The smallest absolute Gasteiger partial charge is 0.123 e. The predicted octanol–water partition coefficient (Wildman–Crippen LogP) is 3.17. The Morgan fingerprint density at radius 1 is 1.27 bits per heavy atom. The van der Waals surface area contributed by atoms with Crippen molar-refractivity contribution in [2.24, 2.45) is 5.92 Å². The quantitative estimate of drug-likeness (QED) is 0.785. The Hall–Kier alpha value is -0.890. The molecule has 0 spiro atoms. The van der Waals surface area contributed by atoms with Gasteiger partial charge < -0.3 is 5.32 Å². The Kier molecular flexibility index (Phi) is 4.76. The molecule has 15 heavy (non-hydrogen) atoms. The van der Waals surface area contributed by atoms with E-state index in [0.717, 1.165) is 13.0 Å². The second-order valence-electron chi connectivity index (χ2n) is 4.10. The zero-order chi connectivity index (χ0) is 11.3. The summed E-state index contributed by atoms with van der Waals surface area (Å²) < 4.78 is 12.8. The summed E-state index contributed by atoms with van der Waals surface area (Å²) in [6, 6.07) is 6.87. The fraction of sp³-hybridized carbons (Fsp3) is 0.538. The number of hydrogen-bond donors (Lipinski definition) is 1. The van der Waals surface area contributed by atoms with Crippen molar-refractivity contribution in [2.45, 2.75) is 26.2 Å². The molecule has 0 radical (unpaired) electrons. The lowest BCUT2D eigenvalue weighted by atomic mass is 9.85. The highest BCUT2D eigenvalue weighted by molar-refractivity contribution is 5.21. The van der Waals surface area contributed by atoms with Crippen LogP contribution in [0.4, 0.5) is 4.39 Å². The maximum atomic E-state index is 12.8. The third kappa shape index (κ3) is 3.31. The summed E-state index contributed by atoms with van der Waals surface area (Å²) in [6.45, 7) is 5.38. The molecule has 0 aliphatic carbocycles. The Bertz CT molecular complexity index is 281. The van der Waals surface area contributed by atoms with E-state index in [1.807, 2.05) is 19.2 Å². The van der Waals surface area contributed by atoms with Crippen molar-refractivity contribution in [2.75, 3.05) is 13.6 Å². The first-order chi connectivity index (χ1) is 7.19. The lowest BCUT2D eigenvalue weighted by molar-refractivity contribution is 0.431. The second-order valence-corrected chi connectivity index (χ2v) is 4.10. The molecule has 0 saturated heterocycles. The van der Waals surface area contributed by atoms with Gasteiger partial charge in [0.1, 0.15) is 5.82 Å². The van der Waals surface area contributed by atoms with Crippen LogP contribution in [0, 0.1) is 11.7 Å². The van der Waals surface area contributed by atoms with E-state index >= 15 is 0 Å². The van der Waals surface area contributed by atoms with Crippen molar-refractivity contribution < 1.29 is 4.39 Å². The summed E-state index contributed by atoms with van der Waals surface area (Å²) in [5, 5.41) is 3.20. The third-order valence-corrected chi connectivity index (χ3v) is 3.05. The lowest BCUT2D eigenvalue weighted by Crippen LogP contribution is -2.22. The first kappa shape index (κ1) is 12.2. The highest BCUT2D eigenvalue weighted by Crippen LogP contribution is 2.26. The van der Waals surface area contributed by atoms with Crippen LogP contribution in [0.25, 0.3) is 0 Å². The van der Waals surface area contributed by atoms with Crippen LogP contribution in [0.1, 0.15) is 31.7 Å². The number of rotatable bonds is 5. The molecular formula is C13H20FN. The van der Waals surface area contributed by atoms with Crippen LogP contribution >= 0.6 is 0 Å². The van der Waals surface area contributed by atoms with Crippen LogP contribution in [-0.2, 0) is 0 Å². The summed E-state index contributed by atoms with van der Waals surface area (Å²) in [6.07, 6.45) is 1.14. The summed E-state index contributed by atoms with van der Waals surface area (Å²) in [7, 11) is 1.96. The van der Waals surface area contributed by atoms with Gasteiger partial charge in [-0.05, 0) is 36.6 Å². The van der Waals surface area contributed by atoms with E-state index < -0.39 is 0 Å². The molecule has 0 aliphatic rings. The average Bonchev–Trinajstić information content (AvgIpc) is 2.26. The Morgan fingerprint density at radius 2 is 1.87 bits per heavy atom. The van der Waals surface area contributed by atoms with Crippen LogP contribution in [0.3, 0.4) is 0 Å². The molecule has 1 N–H and O–H groups in total. The van der Waals surface area contributed by atoms with Gasteiger partial charge in [0.25, 0.3) is 0 Å². The van der Waals surface area contributed by atoms with Gasteiger partial charge in [0, 0.05) is 6.54 Å². The summed E-state index contributed by atoms with van der Waals surface area (Å²) in [5.74, 6) is 0.926. The molecule has 0 aromatic heterocycles. The fourth-order valence-electron chi connectivity index (χ4n) is 1.86. The monoisotopic (exact) mass is 209 g/mol. The van der Waals surface area contributed by atoms with Gasteiger partial charge in [-0.25, -0.2) is 4.39 Å². The Morgan fingerprint density at radius 3 is 2.33 bits per heavy atom. The van der Waals surface area contributed by atoms with Crippen LogP contribution in [0.2, 0.25) is 0 Å². The standard InChI is InChI=1S/C13H20FN/c1-4-10(2)13(9-15-3)11-5-7-12(14)8-6-11/h5-8,10,13,15H,4,9H2,1-3H3. The fourth-order valence-corrected chi connectivity index (χ4v) is 1.86. The second kappa shape index (κ2) is 5.86. The molecule has 2 heteroatoms. The number of likely N-dealkylation sites (N-methyl/N-ethyl adjacent to an activating group) is 1. The molecule has 0 fully saturated rings. The molecule has 0 amide bonds. The molecule has 0 saturated carbocycles. The van der Waals surface area contributed by atoms with Crippen LogP contribution in [0.5, 0.6) is 0 Å². The van der Waals surface area contributed by atoms with Gasteiger partial charge >= 0.3 is 0 Å². The Balaban J connectivity index is 2.83. The average molecular weight is 209 g/mol. The highest BCUT2D eigenvalue weighted by atomic mass is 19.1. The van der Waals surface area contributed by atoms with E-state index in [1.54, 1.807) is 12.1 Å². The van der Waals surface area contributed by atoms with Gasteiger partial charge in [-0.15, -0.1) is 0 Å². The molecule has 0 heterocycles. The van der Waals surface area contributed by atoms with Crippen molar-refractivity contribution in [1.29, 1.82) is 0 Å². The van der Waals surface area contributed by atoms with Gasteiger partial charge in [0.05, 0.1) is 0 Å². The molecular weight excluding hydrogens is 189 g/mol. The van der Waals surface area contributed by atoms with Gasteiger partial charge in [-0.2, -0.15) is 0 Å². The van der Waals surface area contributed by atoms with E-state index in [-0.39, 0.29) is 5.82 Å². The van der Waals surface area contributed by atoms with Gasteiger partial charge in [-0.1, -0.05) is 32.4 Å². The number of benzene rings is 1. The Labute approximate surface area is 91.7 Å². The van der Waals surface area contributed by atoms with E-state index in [9.17, 15) is 4.39 Å². The SMILES string of the molecule is CCC(C)C(CNC)c1ccc(F)cc1. The van der Waals surface area contributed by atoms with Crippen LogP contribution < -0.4 is 5.32 Å². The molecule has 1 nitrogen and oxygen atoms in total. The van der Waals surface area contributed by atoms with Crippen molar-refractivity contribution in [1.82, 2.24) is 5.32 Å². The first-order valence-corrected chi connectivity index (χ1v) is 5.59. The van der Waals surface area contributed by atoms with Gasteiger partial charge in [0.2, 0.25) is 0 Å². The van der Waals surface area contributed by atoms with E-state index in [1.165, 1.54) is 5.56 Å². The van der Waals surface area contributed by atoms with Gasteiger partial charge in [-0.3, -0.25) is 0 Å². The summed E-state index contributed by atoms with van der Waals surface area (Å²) in [5.41, 5.74) is 1.22. The molecule has 0 bridgehead atoms. The number of halogens is 1. The molecule has 2 atom stereocenters. The molecule has 1 rings (SSSR count). The summed E-state index contributed by atoms with van der Waals surface area (Å²) >= 11 is 0. The highest BCUT2D eigenvalue weighted by Gasteiger charge is 2.16. The van der Waals surface area contributed by atoms with Crippen molar-refractivity contribution >= 4 is 0 Å². The number of hydrogen-bond acceptors (Lipinski definition) is 1. The third-order valence-electron chi connectivity index (χ3n) is 3.05. The minimum Gasteiger partial charge on any atom is -0.319 e. The molecule has 84 valence electrons. The summed E-state index contributed by atoms with van der Waals surface area (Å²) in [4.78, 5) is 0. The maximum Gasteiger partial charge on any atom is 0.123 e. The maximum absolute atomic E-state index is 12.8. The molecule has 1 aromatic rings. The molecule has 2 unspecified atom stereocenters. The van der Waals surface area contributed by atoms with Crippen LogP contribution in [-0.4, -0.2) is 13.6 Å². The predicted molar refractivity (Wildman–Crippen MR) is 62.5 cm³/mol. The van der Waals surface area contributed by atoms with Crippen LogP contribution in [0.15, 0.2) is 24.3 Å². The zero-order valence-corrected chi connectivity index (χ0v) is 9.76. The topological polar surface area (TPSA) is 12.0 Å². The largest absolute Gasteiger partial charge is 0.319 e. The zero-order valence-electron chi connectivity index (χ0n) is 9.76. The first-order valence-electron chi connectivity index (χ1n) is 5.59. The van der Waals surface area contributed by atoms with Crippen molar-refractivity contribution in [3.63, 3.8) is 0 Å². The van der Waals surface area contributed by atoms with Crippen molar-refractivity contribution in [3.8, 4) is 0 Å². The van der Waals surface area contributed by atoms with E-state index in [0.29, 0.717) is 11.8 Å². The lowest BCUT2D eigenvalue weighted by Gasteiger charge is -2.23. The minimum absolute atomic E-state index is 0.161. The minimum atomic E-state index is -0.161. The molecule has 1 aromatic carbocycles. The van der Waals surface area contributed by atoms with E-state index in [2.05, 4.69) is 19.2 Å². The molecule has 0 aliphatic heterocycles. The van der Waals surface area contributed by atoms with E-state index in [4.69, 9.17) is 0 Å². The van der Waals surface area contributed by atoms with Crippen molar-refractivity contribution in [3.05, 3.63) is 35.6 Å². The number of nitrogens with one attached hydrogen (secondary N) is 1. The van der Waals surface area contributed by atoms with Gasteiger partial charge in [0.15, 0.2) is 0 Å².